The van der Waals surface area contributed by atoms with Crippen molar-refractivity contribution in [1.82, 2.24) is 10.2 Å². The number of aliphatic imine (C=N–C) groups is 1. The Morgan fingerprint density at radius 1 is 1.11 bits per heavy atom. The van der Waals surface area contributed by atoms with Crippen molar-refractivity contribution in [1.29, 1.82) is 0 Å². The number of hydrogen-bond acceptors (Lipinski definition) is 4. The Balaban J connectivity index is 1.66. The number of hydrogen-bond donors (Lipinski definition) is 2. The second-order valence-electron chi connectivity index (χ2n) is 6.47. The summed E-state index contributed by atoms with van der Waals surface area (Å²) in [4.78, 5) is 9.41. The second-order valence-corrected chi connectivity index (χ2v) is 6.47. The number of nitrogens with zero attached hydrogens (tertiary/aromatic N) is 3. The van der Waals surface area contributed by atoms with Crippen LogP contribution in [0.15, 0.2) is 53.5 Å². The van der Waals surface area contributed by atoms with Crippen LogP contribution in [0, 0.1) is 0 Å². The molecule has 0 amide bonds. The second kappa shape index (κ2) is 9.16. The molecule has 1 heterocycles. The van der Waals surface area contributed by atoms with Crippen LogP contribution in [0.1, 0.15) is 12.5 Å². The minimum atomic E-state index is 0.240. The molecule has 2 N–H and O–H groups in total. The van der Waals surface area contributed by atoms with E-state index in [-0.39, 0.29) is 5.75 Å². The molecule has 2 aromatic rings. The Hall–Kier alpha value is -2.89. The Kier molecular flexibility index (Phi) is 6.41. The number of methoxy groups -OCH3 is 1. The van der Waals surface area contributed by atoms with Crippen molar-refractivity contribution in [2.45, 2.75) is 13.5 Å². The number of piperazine rings is 1. The van der Waals surface area contributed by atoms with Gasteiger partial charge in [0.25, 0.3) is 0 Å². The zero-order valence-electron chi connectivity index (χ0n) is 16.1. The highest BCUT2D eigenvalue weighted by atomic mass is 16.5. The van der Waals surface area contributed by atoms with Crippen molar-refractivity contribution >= 4 is 11.6 Å². The van der Waals surface area contributed by atoms with Gasteiger partial charge in [0.1, 0.15) is 11.5 Å². The first-order chi connectivity index (χ1) is 13.2. The summed E-state index contributed by atoms with van der Waals surface area (Å²) in [5.74, 6) is 1.84. The molecule has 144 valence electrons. The van der Waals surface area contributed by atoms with Gasteiger partial charge in [-0.2, -0.15) is 0 Å². The summed E-state index contributed by atoms with van der Waals surface area (Å²) < 4.78 is 5.24. The zero-order chi connectivity index (χ0) is 19.1. The van der Waals surface area contributed by atoms with Crippen LogP contribution >= 0.6 is 0 Å². The first-order valence-electron chi connectivity index (χ1n) is 9.40. The predicted molar refractivity (Wildman–Crippen MR) is 110 cm³/mol. The SMILES string of the molecule is CCNC(=NCc1cc(OC)ccc1O)N1CCN(c2ccccc2)CC1. The minimum absolute atomic E-state index is 0.240. The van der Waals surface area contributed by atoms with E-state index in [1.165, 1.54) is 5.69 Å². The first-order valence-corrected chi connectivity index (χ1v) is 9.40. The molecule has 1 fully saturated rings. The van der Waals surface area contributed by atoms with E-state index < -0.39 is 0 Å². The third-order valence-corrected chi connectivity index (χ3v) is 4.72. The van der Waals surface area contributed by atoms with Crippen molar-refractivity contribution in [3.63, 3.8) is 0 Å². The van der Waals surface area contributed by atoms with Gasteiger partial charge in [-0.15, -0.1) is 0 Å². The maximum absolute atomic E-state index is 10.1. The molecule has 0 atom stereocenters. The minimum Gasteiger partial charge on any atom is -0.508 e. The molecule has 0 radical (unpaired) electrons. The lowest BCUT2D eigenvalue weighted by molar-refractivity contribution is 0.372. The van der Waals surface area contributed by atoms with E-state index in [2.05, 4.69) is 46.3 Å². The van der Waals surface area contributed by atoms with Crippen molar-refractivity contribution in [2.24, 2.45) is 4.99 Å². The number of ether oxygens (including phenoxy) is 1. The summed E-state index contributed by atoms with van der Waals surface area (Å²) in [5.41, 5.74) is 2.02. The molecule has 27 heavy (non-hydrogen) atoms. The Morgan fingerprint density at radius 2 is 1.85 bits per heavy atom. The standard InChI is InChI=1S/C21H28N4O2/c1-3-22-21(23-16-17-15-19(27-2)9-10-20(17)26)25-13-11-24(12-14-25)18-7-5-4-6-8-18/h4-10,15,26H,3,11-14,16H2,1-2H3,(H,22,23). The van der Waals surface area contributed by atoms with Crippen molar-refractivity contribution in [2.75, 3.05) is 44.7 Å². The van der Waals surface area contributed by atoms with Gasteiger partial charge < -0.3 is 25.0 Å². The molecule has 3 rings (SSSR count). The quantitative estimate of drug-likeness (QED) is 0.628. The first kappa shape index (κ1) is 18.9. The highest BCUT2D eigenvalue weighted by Gasteiger charge is 2.19. The third-order valence-electron chi connectivity index (χ3n) is 4.72. The van der Waals surface area contributed by atoms with E-state index in [1.54, 1.807) is 19.2 Å². The van der Waals surface area contributed by atoms with Gasteiger partial charge in [-0.3, -0.25) is 0 Å². The van der Waals surface area contributed by atoms with Gasteiger partial charge in [0.15, 0.2) is 5.96 Å². The number of benzene rings is 2. The van der Waals surface area contributed by atoms with E-state index >= 15 is 0 Å². The number of para-hydroxylation sites is 1. The van der Waals surface area contributed by atoms with Crippen LogP contribution in [0.5, 0.6) is 11.5 Å². The molecule has 0 saturated carbocycles. The van der Waals surface area contributed by atoms with Crippen LogP contribution in [0.25, 0.3) is 0 Å². The molecular weight excluding hydrogens is 340 g/mol. The Morgan fingerprint density at radius 3 is 2.52 bits per heavy atom. The smallest absolute Gasteiger partial charge is 0.194 e. The van der Waals surface area contributed by atoms with Crippen LogP contribution < -0.4 is 15.0 Å². The maximum Gasteiger partial charge on any atom is 0.194 e. The van der Waals surface area contributed by atoms with Crippen molar-refractivity contribution in [3.05, 3.63) is 54.1 Å². The molecule has 0 aromatic heterocycles. The van der Waals surface area contributed by atoms with E-state index in [0.29, 0.717) is 6.54 Å². The molecule has 1 aliphatic rings. The molecule has 6 nitrogen and oxygen atoms in total. The number of aromatic hydroxyl groups is 1. The van der Waals surface area contributed by atoms with Crippen LogP contribution in [-0.2, 0) is 6.54 Å². The number of guanidine groups is 1. The third kappa shape index (κ3) is 4.84. The van der Waals surface area contributed by atoms with Crippen LogP contribution in [0.3, 0.4) is 0 Å². The molecule has 1 aliphatic heterocycles. The molecule has 0 aliphatic carbocycles. The van der Waals surface area contributed by atoms with Gasteiger partial charge >= 0.3 is 0 Å². The molecule has 0 unspecified atom stereocenters. The maximum atomic E-state index is 10.1. The van der Waals surface area contributed by atoms with Gasteiger partial charge in [0.05, 0.1) is 13.7 Å². The van der Waals surface area contributed by atoms with E-state index in [9.17, 15) is 5.11 Å². The largest absolute Gasteiger partial charge is 0.508 e. The Bertz CT molecular complexity index is 756. The molecule has 0 bridgehead atoms. The number of phenolic OH excluding ortho intramolecular Hbond substituents is 1. The molecule has 6 heteroatoms. The van der Waals surface area contributed by atoms with Crippen LogP contribution in [-0.4, -0.2) is 55.8 Å². The summed E-state index contributed by atoms with van der Waals surface area (Å²) in [7, 11) is 1.62. The fraction of sp³-hybridized carbons (Fsp3) is 0.381. The summed E-state index contributed by atoms with van der Waals surface area (Å²) in [5, 5.41) is 13.4. The zero-order valence-corrected chi connectivity index (χ0v) is 16.1. The van der Waals surface area contributed by atoms with Crippen molar-refractivity contribution in [3.8, 4) is 11.5 Å². The van der Waals surface area contributed by atoms with E-state index in [4.69, 9.17) is 9.73 Å². The summed E-state index contributed by atoms with van der Waals surface area (Å²) in [6.07, 6.45) is 0. The molecule has 2 aromatic carbocycles. The van der Waals surface area contributed by atoms with Gasteiger partial charge in [-0.1, -0.05) is 18.2 Å². The van der Waals surface area contributed by atoms with Gasteiger partial charge in [-0.25, -0.2) is 4.99 Å². The summed E-state index contributed by atoms with van der Waals surface area (Å²) >= 11 is 0. The summed E-state index contributed by atoms with van der Waals surface area (Å²) in [6, 6.07) is 15.7. The number of phenols is 1. The van der Waals surface area contributed by atoms with Gasteiger partial charge in [-0.05, 0) is 37.3 Å². The van der Waals surface area contributed by atoms with Gasteiger partial charge in [0, 0.05) is 44.0 Å². The topological polar surface area (TPSA) is 60.3 Å². The van der Waals surface area contributed by atoms with E-state index in [1.807, 2.05) is 12.1 Å². The summed E-state index contributed by atoms with van der Waals surface area (Å²) in [6.45, 7) is 7.01. The number of nitrogens with one attached hydrogen (secondary N) is 1. The lowest BCUT2D eigenvalue weighted by Gasteiger charge is -2.37. The van der Waals surface area contributed by atoms with Crippen LogP contribution in [0.4, 0.5) is 5.69 Å². The number of anilines is 1. The predicted octanol–water partition coefficient (Wildman–Crippen LogP) is 2.69. The van der Waals surface area contributed by atoms with Gasteiger partial charge in [0.2, 0.25) is 0 Å². The molecule has 0 spiro atoms. The monoisotopic (exact) mass is 368 g/mol. The average molecular weight is 368 g/mol. The normalized spacial score (nSPS) is 15.0. The lowest BCUT2D eigenvalue weighted by Crippen LogP contribution is -2.52. The van der Waals surface area contributed by atoms with Crippen molar-refractivity contribution < 1.29 is 9.84 Å². The lowest BCUT2D eigenvalue weighted by atomic mass is 10.2. The molecular formula is C21H28N4O2. The highest BCUT2D eigenvalue weighted by molar-refractivity contribution is 5.80. The molecule has 1 saturated heterocycles. The van der Waals surface area contributed by atoms with E-state index in [0.717, 1.165) is 50.0 Å². The average Bonchev–Trinajstić information content (AvgIpc) is 2.73. The Labute approximate surface area is 161 Å². The number of rotatable bonds is 5. The fourth-order valence-electron chi connectivity index (χ4n) is 3.22. The fourth-order valence-corrected chi connectivity index (χ4v) is 3.22. The van der Waals surface area contributed by atoms with Crippen LogP contribution in [0.2, 0.25) is 0 Å². The highest BCUT2D eigenvalue weighted by Crippen LogP contribution is 2.23.